The number of ketones is 1. The first-order valence-corrected chi connectivity index (χ1v) is 4.45. The van der Waals surface area contributed by atoms with Crippen LogP contribution in [0.5, 0.6) is 0 Å². The van der Waals surface area contributed by atoms with Gasteiger partial charge >= 0.3 is 0 Å². The Morgan fingerprint density at radius 3 is 3.00 bits per heavy atom. The van der Waals surface area contributed by atoms with Crippen molar-refractivity contribution in [2.75, 3.05) is 13.2 Å². The lowest BCUT2D eigenvalue weighted by Crippen LogP contribution is -2.05. The minimum absolute atomic E-state index is 0.148. The lowest BCUT2D eigenvalue weighted by Gasteiger charge is -2.00. The molecule has 0 unspecified atom stereocenters. The van der Waals surface area contributed by atoms with Gasteiger partial charge in [0.15, 0.2) is 5.78 Å². The minimum atomic E-state index is -0.493. The van der Waals surface area contributed by atoms with Gasteiger partial charge in [-0.3, -0.25) is 9.78 Å². The fourth-order valence-electron chi connectivity index (χ4n) is 1.02. The van der Waals surface area contributed by atoms with Crippen molar-refractivity contribution in [1.29, 1.82) is 0 Å². The molecule has 0 bridgehead atoms. The molecule has 1 heterocycles. The predicted octanol–water partition coefficient (Wildman–Crippen LogP) is 1.83. The van der Waals surface area contributed by atoms with Crippen LogP contribution in [-0.2, 0) is 4.74 Å². The Morgan fingerprint density at radius 2 is 2.36 bits per heavy atom. The summed E-state index contributed by atoms with van der Waals surface area (Å²) in [5.74, 6) is -0.641. The monoisotopic (exact) mass is 197 g/mol. The molecule has 0 N–H and O–H groups in total. The molecule has 14 heavy (non-hydrogen) atoms. The van der Waals surface area contributed by atoms with Crippen molar-refractivity contribution in [3.05, 3.63) is 29.8 Å². The van der Waals surface area contributed by atoms with Gasteiger partial charge in [-0.05, 0) is 13.0 Å². The van der Waals surface area contributed by atoms with Crippen molar-refractivity contribution in [3.63, 3.8) is 0 Å². The fraction of sp³-hybridized carbons (Fsp3) is 0.400. The van der Waals surface area contributed by atoms with Gasteiger partial charge in [-0.2, -0.15) is 0 Å². The first-order valence-electron chi connectivity index (χ1n) is 4.45. The van der Waals surface area contributed by atoms with Crippen LogP contribution in [0.4, 0.5) is 4.39 Å². The summed E-state index contributed by atoms with van der Waals surface area (Å²) in [6.07, 6.45) is 2.69. The summed E-state index contributed by atoms with van der Waals surface area (Å²) in [6.45, 7) is 2.80. The molecule has 0 amide bonds. The molecule has 4 heteroatoms. The van der Waals surface area contributed by atoms with Crippen LogP contribution in [0.2, 0.25) is 0 Å². The maximum absolute atomic E-state index is 12.7. The second-order valence-corrected chi connectivity index (χ2v) is 2.76. The highest BCUT2D eigenvalue weighted by Crippen LogP contribution is 2.04. The predicted molar refractivity (Wildman–Crippen MR) is 49.6 cm³/mol. The molecule has 1 rings (SSSR count). The third kappa shape index (κ3) is 3.22. The van der Waals surface area contributed by atoms with Gasteiger partial charge < -0.3 is 4.74 Å². The number of halogens is 1. The molecule has 3 nitrogen and oxygen atoms in total. The third-order valence-corrected chi connectivity index (χ3v) is 1.70. The van der Waals surface area contributed by atoms with Gasteiger partial charge in [0.05, 0.1) is 12.8 Å². The van der Waals surface area contributed by atoms with Crippen molar-refractivity contribution in [2.24, 2.45) is 0 Å². The number of pyridine rings is 1. The maximum Gasteiger partial charge on any atom is 0.166 e. The molecule has 0 aliphatic heterocycles. The van der Waals surface area contributed by atoms with Crippen LogP contribution in [0.25, 0.3) is 0 Å². The summed E-state index contributed by atoms with van der Waals surface area (Å²) in [7, 11) is 0. The van der Waals surface area contributed by atoms with Crippen LogP contribution in [0.15, 0.2) is 18.5 Å². The Labute approximate surface area is 81.9 Å². The molecule has 0 aromatic carbocycles. The number of rotatable bonds is 5. The molecular weight excluding hydrogens is 185 g/mol. The number of carbonyl (C=O) groups excluding carboxylic acids is 1. The minimum Gasteiger partial charge on any atom is -0.381 e. The number of ether oxygens (including phenoxy) is 1. The number of aromatic nitrogens is 1. The first kappa shape index (κ1) is 10.8. The van der Waals surface area contributed by atoms with Gasteiger partial charge in [-0.15, -0.1) is 0 Å². The largest absolute Gasteiger partial charge is 0.381 e. The summed E-state index contributed by atoms with van der Waals surface area (Å²) in [6, 6.07) is 1.18. The van der Waals surface area contributed by atoms with Crippen molar-refractivity contribution >= 4 is 5.78 Å². The molecule has 0 aliphatic carbocycles. The second-order valence-electron chi connectivity index (χ2n) is 2.76. The lowest BCUT2D eigenvalue weighted by molar-refractivity contribution is 0.0895. The van der Waals surface area contributed by atoms with E-state index in [1.807, 2.05) is 6.92 Å². The van der Waals surface area contributed by atoms with Gasteiger partial charge in [-0.1, -0.05) is 0 Å². The van der Waals surface area contributed by atoms with E-state index in [1.54, 1.807) is 0 Å². The Hall–Kier alpha value is -1.29. The Bertz CT molecular complexity index is 315. The zero-order valence-electron chi connectivity index (χ0n) is 8.00. The quantitative estimate of drug-likeness (QED) is 0.534. The molecule has 0 aliphatic rings. The van der Waals surface area contributed by atoms with E-state index in [9.17, 15) is 9.18 Å². The zero-order valence-corrected chi connectivity index (χ0v) is 8.00. The molecule has 0 saturated carbocycles. The van der Waals surface area contributed by atoms with Crippen LogP contribution >= 0.6 is 0 Å². The zero-order chi connectivity index (χ0) is 10.4. The average molecular weight is 197 g/mol. The molecule has 0 atom stereocenters. The number of nitrogens with zero attached hydrogens (tertiary/aromatic N) is 1. The second kappa shape index (κ2) is 5.44. The Morgan fingerprint density at radius 1 is 1.57 bits per heavy atom. The first-order chi connectivity index (χ1) is 6.74. The highest BCUT2D eigenvalue weighted by atomic mass is 19.1. The molecule has 0 fully saturated rings. The Balaban J connectivity index is 2.52. The van der Waals surface area contributed by atoms with E-state index >= 15 is 0 Å². The van der Waals surface area contributed by atoms with E-state index < -0.39 is 5.82 Å². The fourth-order valence-corrected chi connectivity index (χ4v) is 1.02. The van der Waals surface area contributed by atoms with E-state index in [0.29, 0.717) is 18.8 Å². The van der Waals surface area contributed by atoms with E-state index in [4.69, 9.17) is 4.74 Å². The topological polar surface area (TPSA) is 39.2 Å². The lowest BCUT2D eigenvalue weighted by atomic mass is 10.1. The van der Waals surface area contributed by atoms with E-state index in [0.717, 1.165) is 6.20 Å². The normalized spacial score (nSPS) is 10.1. The summed E-state index contributed by atoms with van der Waals surface area (Å²) < 4.78 is 17.7. The molecule has 0 spiro atoms. The number of hydrogen-bond acceptors (Lipinski definition) is 3. The van der Waals surface area contributed by atoms with Crippen molar-refractivity contribution in [2.45, 2.75) is 13.3 Å². The Kier molecular flexibility index (Phi) is 4.19. The molecule has 0 saturated heterocycles. The van der Waals surface area contributed by atoms with E-state index in [-0.39, 0.29) is 12.2 Å². The number of hydrogen-bond donors (Lipinski definition) is 0. The summed E-state index contributed by atoms with van der Waals surface area (Å²) in [4.78, 5) is 15.0. The van der Waals surface area contributed by atoms with Gasteiger partial charge in [0.2, 0.25) is 0 Å². The molecular formula is C10H12FNO2. The van der Waals surface area contributed by atoms with Gasteiger partial charge in [0, 0.05) is 24.8 Å². The van der Waals surface area contributed by atoms with Crippen LogP contribution < -0.4 is 0 Å². The van der Waals surface area contributed by atoms with Crippen LogP contribution in [0.1, 0.15) is 23.7 Å². The average Bonchev–Trinajstić information content (AvgIpc) is 2.18. The summed E-state index contributed by atoms with van der Waals surface area (Å²) >= 11 is 0. The third-order valence-electron chi connectivity index (χ3n) is 1.70. The summed E-state index contributed by atoms with van der Waals surface area (Å²) in [5, 5.41) is 0. The maximum atomic E-state index is 12.7. The van der Waals surface area contributed by atoms with E-state index in [2.05, 4.69) is 4.98 Å². The number of Topliss-reactive ketones (excluding diaryl/α,β-unsaturated/α-hetero) is 1. The smallest absolute Gasteiger partial charge is 0.166 e. The van der Waals surface area contributed by atoms with Crippen LogP contribution in [-0.4, -0.2) is 24.0 Å². The van der Waals surface area contributed by atoms with Crippen molar-refractivity contribution in [1.82, 2.24) is 4.98 Å². The molecule has 0 radical (unpaired) electrons. The van der Waals surface area contributed by atoms with Crippen molar-refractivity contribution < 1.29 is 13.9 Å². The van der Waals surface area contributed by atoms with Crippen LogP contribution in [0, 0.1) is 5.82 Å². The summed E-state index contributed by atoms with van der Waals surface area (Å²) in [5.41, 5.74) is 0.296. The van der Waals surface area contributed by atoms with Crippen LogP contribution in [0.3, 0.4) is 0 Å². The van der Waals surface area contributed by atoms with Gasteiger partial charge in [-0.25, -0.2) is 4.39 Å². The van der Waals surface area contributed by atoms with Gasteiger partial charge in [0.25, 0.3) is 0 Å². The SMILES string of the molecule is CCOCCC(=O)c1cncc(F)c1. The van der Waals surface area contributed by atoms with Gasteiger partial charge in [0.1, 0.15) is 5.82 Å². The van der Waals surface area contributed by atoms with E-state index in [1.165, 1.54) is 12.3 Å². The highest BCUT2D eigenvalue weighted by molar-refractivity contribution is 5.95. The number of carbonyl (C=O) groups is 1. The molecule has 1 aromatic rings. The highest BCUT2D eigenvalue weighted by Gasteiger charge is 2.06. The molecule has 76 valence electrons. The van der Waals surface area contributed by atoms with Crippen molar-refractivity contribution in [3.8, 4) is 0 Å². The standard InChI is InChI=1S/C10H12FNO2/c1-2-14-4-3-10(13)8-5-9(11)7-12-6-8/h5-7H,2-4H2,1H3. The molecule has 1 aromatic heterocycles.